The summed E-state index contributed by atoms with van der Waals surface area (Å²) in [4.78, 5) is 11.6. The van der Waals surface area contributed by atoms with E-state index in [9.17, 15) is 23.1 Å². The van der Waals surface area contributed by atoms with E-state index in [-0.39, 0.29) is 33.7 Å². The third kappa shape index (κ3) is 4.48. The van der Waals surface area contributed by atoms with Crippen molar-refractivity contribution >= 4 is 29.2 Å². The second kappa shape index (κ2) is 9.28. The molecule has 7 nitrogen and oxygen atoms in total. The van der Waals surface area contributed by atoms with Gasteiger partial charge in [0.1, 0.15) is 24.6 Å². The smallest absolute Gasteiger partial charge is 0.452 e. The predicted molar refractivity (Wildman–Crippen MR) is 116 cm³/mol. The summed E-state index contributed by atoms with van der Waals surface area (Å²) in [6, 6.07) is 9.05. The van der Waals surface area contributed by atoms with E-state index in [1.54, 1.807) is 18.2 Å². The lowest BCUT2D eigenvalue weighted by Gasteiger charge is -2.23. The third-order valence-electron chi connectivity index (χ3n) is 5.04. The van der Waals surface area contributed by atoms with Crippen molar-refractivity contribution in [3.63, 3.8) is 0 Å². The topological polar surface area (TPSA) is 86.5 Å². The van der Waals surface area contributed by atoms with E-state index in [1.807, 2.05) is 0 Å². The number of nitrogens with zero attached hydrogens (tertiary/aromatic N) is 3. The fourth-order valence-electron chi connectivity index (χ4n) is 3.69. The maximum Gasteiger partial charge on any atom is 0.452 e. The second-order valence-electron chi connectivity index (χ2n) is 7.28. The number of carboxylic acids is 1. The van der Waals surface area contributed by atoms with E-state index in [1.165, 1.54) is 24.3 Å². The van der Waals surface area contributed by atoms with Crippen molar-refractivity contribution in [2.75, 3.05) is 6.61 Å². The maximum atomic E-state index is 13.8. The summed E-state index contributed by atoms with van der Waals surface area (Å²) in [5.41, 5.74) is 0.590. The predicted octanol–water partition coefficient (Wildman–Crippen LogP) is 5.79. The summed E-state index contributed by atoms with van der Waals surface area (Å²) in [7, 11) is 0. The van der Waals surface area contributed by atoms with Crippen LogP contribution in [0.2, 0.25) is 10.0 Å². The van der Waals surface area contributed by atoms with Crippen molar-refractivity contribution in [1.82, 2.24) is 14.8 Å². The molecular formula is C22H16Cl2F3N3O4. The Morgan fingerprint density at radius 3 is 2.68 bits per heavy atom. The van der Waals surface area contributed by atoms with E-state index in [0.717, 1.165) is 4.57 Å². The molecule has 4 rings (SSSR count). The lowest BCUT2D eigenvalue weighted by molar-refractivity contribution is -0.146. The van der Waals surface area contributed by atoms with Crippen LogP contribution in [0.15, 0.2) is 49.1 Å². The molecule has 0 saturated heterocycles. The first-order valence-electron chi connectivity index (χ1n) is 9.83. The van der Waals surface area contributed by atoms with Crippen LogP contribution >= 0.6 is 23.2 Å². The van der Waals surface area contributed by atoms with Crippen LogP contribution in [0.1, 0.15) is 41.4 Å². The van der Waals surface area contributed by atoms with Crippen LogP contribution in [0, 0.1) is 0 Å². The Labute approximate surface area is 201 Å². The van der Waals surface area contributed by atoms with E-state index in [4.69, 9.17) is 32.7 Å². The molecule has 2 heterocycles. The van der Waals surface area contributed by atoms with Crippen LogP contribution in [-0.4, -0.2) is 32.4 Å². The van der Waals surface area contributed by atoms with Crippen molar-refractivity contribution in [3.05, 3.63) is 81.9 Å². The number of aromatic nitrogens is 3. The van der Waals surface area contributed by atoms with E-state index >= 15 is 0 Å². The Morgan fingerprint density at radius 1 is 1.24 bits per heavy atom. The molecule has 2 aromatic carbocycles. The van der Waals surface area contributed by atoms with Gasteiger partial charge in [-0.2, -0.15) is 13.2 Å². The average molecular weight is 514 g/mol. The molecule has 0 bridgehead atoms. The van der Waals surface area contributed by atoms with Crippen LogP contribution in [0.4, 0.5) is 13.2 Å². The van der Waals surface area contributed by atoms with Gasteiger partial charge in [-0.15, -0.1) is 10.2 Å². The van der Waals surface area contributed by atoms with Crippen LogP contribution in [0.3, 0.4) is 0 Å². The fourth-order valence-corrected chi connectivity index (χ4v) is 4.15. The number of aliphatic carboxylic acids is 1. The van der Waals surface area contributed by atoms with Gasteiger partial charge in [-0.05, 0) is 24.3 Å². The lowest BCUT2D eigenvalue weighted by atomic mass is 9.99. The lowest BCUT2D eigenvalue weighted by Crippen LogP contribution is -2.17. The Bertz CT molecular complexity index is 1260. The van der Waals surface area contributed by atoms with Crippen molar-refractivity contribution in [3.8, 4) is 11.4 Å². The Hall–Kier alpha value is -3.08. The molecule has 34 heavy (non-hydrogen) atoms. The highest BCUT2D eigenvalue weighted by molar-refractivity contribution is 6.33. The quantitative estimate of drug-likeness (QED) is 0.419. The highest BCUT2D eigenvalue weighted by atomic mass is 35.5. The van der Waals surface area contributed by atoms with Crippen molar-refractivity contribution in [1.29, 1.82) is 0 Å². The van der Waals surface area contributed by atoms with Gasteiger partial charge in [0.2, 0.25) is 5.82 Å². The monoisotopic (exact) mass is 513 g/mol. The molecule has 1 aliphatic heterocycles. The molecule has 0 spiro atoms. The Morgan fingerprint density at radius 2 is 2.00 bits per heavy atom. The highest BCUT2D eigenvalue weighted by Gasteiger charge is 2.43. The molecule has 12 heteroatoms. The number of hydrogen-bond acceptors (Lipinski definition) is 5. The van der Waals surface area contributed by atoms with Gasteiger partial charge in [0.25, 0.3) is 0 Å². The normalized spacial score (nSPS) is 17.4. The van der Waals surface area contributed by atoms with Gasteiger partial charge in [0, 0.05) is 16.1 Å². The number of rotatable bonds is 6. The number of carboxylic acid groups (broad SMARTS) is 1. The molecule has 0 aliphatic carbocycles. The van der Waals surface area contributed by atoms with Gasteiger partial charge in [-0.25, -0.2) is 0 Å². The van der Waals surface area contributed by atoms with Gasteiger partial charge < -0.3 is 14.6 Å². The SMILES string of the molecule is C=CCOc1cccc([C@H]2O[C@H](CC(=O)O)c3nnc(C(F)(F)F)n3-c3ccc(Cl)cc32)c1Cl. The molecule has 0 radical (unpaired) electrons. The molecule has 1 aliphatic rings. The molecule has 1 aromatic heterocycles. The summed E-state index contributed by atoms with van der Waals surface area (Å²) < 4.78 is 53.8. The molecule has 1 N–H and O–H groups in total. The van der Waals surface area contributed by atoms with Gasteiger partial charge in [0.15, 0.2) is 5.82 Å². The zero-order valence-electron chi connectivity index (χ0n) is 17.2. The van der Waals surface area contributed by atoms with Gasteiger partial charge in [0.05, 0.1) is 17.1 Å². The molecule has 0 saturated carbocycles. The summed E-state index contributed by atoms with van der Waals surface area (Å²) >= 11 is 12.8. The maximum absolute atomic E-state index is 13.8. The van der Waals surface area contributed by atoms with Crippen LogP contribution in [0.25, 0.3) is 5.69 Å². The average Bonchev–Trinajstić information content (AvgIpc) is 3.17. The number of benzene rings is 2. The minimum atomic E-state index is -4.87. The van der Waals surface area contributed by atoms with Crippen molar-refractivity contribution in [2.45, 2.75) is 24.8 Å². The number of halogens is 5. The van der Waals surface area contributed by atoms with Crippen LogP contribution < -0.4 is 4.74 Å². The first kappa shape index (κ1) is 24.1. The largest absolute Gasteiger partial charge is 0.488 e. The number of hydrogen-bond donors (Lipinski definition) is 1. The van der Waals surface area contributed by atoms with Gasteiger partial charge in [-0.1, -0.05) is 48.0 Å². The summed E-state index contributed by atoms with van der Waals surface area (Å²) in [5, 5.41) is 16.7. The molecule has 0 unspecified atom stereocenters. The zero-order valence-corrected chi connectivity index (χ0v) is 18.7. The number of fused-ring (bicyclic) bond motifs is 3. The first-order chi connectivity index (χ1) is 16.1. The molecule has 2 atom stereocenters. The van der Waals surface area contributed by atoms with E-state index in [2.05, 4.69) is 16.8 Å². The number of ether oxygens (including phenoxy) is 2. The minimum absolute atomic E-state index is 0.0306. The number of alkyl halides is 3. The Kier molecular flexibility index (Phi) is 6.57. The van der Waals surface area contributed by atoms with E-state index < -0.39 is 36.6 Å². The minimum Gasteiger partial charge on any atom is -0.488 e. The highest BCUT2D eigenvalue weighted by Crippen LogP contribution is 2.46. The van der Waals surface area contributed by atoms with E-state index in [0.29, 0.717) is 11.3 Å². The van der Waals surface area contributed by atoms with Crippen LogP contribution in [-0.2, 0) is 15.7 Å². The van der Waals surface area contributed by atoms with Crippen molar-refractivity contribution < 1.29 is 32.5 Å². The first-order valence-corrected chi connectivity index (χ1v) is 10.6. The summed E-state index contributed by atoms with van der Waals surface area (Å²) in [5.74, 6) is -2.64. The third-order valence-corrected chi connectivity index (χ3v) is 5.67. The number of carbonyl (C=O) groups is 1. The molecule has 0 amide bonds. The zero-order chi connectivity index (χ0) is 24.6. The van der Waals surface area contributed by atoms with Gasteiger partial charge in [-0.3, -0.25) is 9.36 Å². The molecule has 0 fully saturated rings. The van der Waals surface area contributed by atoms with Gasteiger partial charge >= 0.3 is 12.1 Å². The van der Waals surface area contributed by atoms with Crippen molar-refractivity contribution in [2.24, 2.45) is 0 Å². The fraction of sp³-hybridized carbons (Fsp3) is 0.227. The molecule has 178 valence electrons. The summed E-state index contributed by atoms with van der Waals surface area (Å²) in [6.07, 6.45) is -6.50. The second-order valence-corrected chi connectivity index (χ2v) is 8.09. The Balaban J connectivity index is 1.98. The standard InChI is InChI=1S/C22H16Cl2F3N3O4/c1-2-8-33-15-5-3-4-12(18(15)24)19-13-9-11(23)6-7-14(13)30-20(16(34-19)10-17(31)32)28-29-21(30)22(25,26)27/h2-7,9,16,19H,1,8,10H2,(H,31,32)/t16-,19-/m1/s1. The van der Waals surface area contributed by atoms with Crippen LogP contribution in [0.5, 0.6) is 5.75 Å². The molecular weight excluding hydrogens is 498 g/mol. The molecule has 3 aromatic rings. The summed E-state index contributed by atoms with van der Waals surface area (Å²) in [6.45, 7) is 3.74.